The normalized spacial score (nSPS) is 25.2. The van der Waals surface area contributed by atoms with Gasteiger partial charge in [0.05, 0.1) is 0 Å². The molecule has 9 nitrogen and oxygen atoms in total. The number of alkyl carbamates (subject to hydrolysis) is 1. The first-order valence-corrected chi connectivity index (χ1v) is 8.47. The summed E-state index contributed by atoms with van der Waals surface area (Å²) in [6.45, 7) is 5.06. The first-order chi connectivity index (χ1) is 12.0. The molecule has 3 rings (SSSR count). The first kappa shape index (κ1) is 17.2. The van der Waals surface area contributed by atoms with Gasteiger partial charge < -0.3 is 20.3 Å². The van der Waals surface area contributed by atoms with Crippen LogP contribution in [0.4, 0.5) is 4.79 Å². The van der Waals surface area contributed by atoms with Gasteiger partial charge in [-0.15, -0.1) is 0 Å². The van der Waals surface area contributed by atoms with Gasteiger partial charge in [-0.05, 0) is 32.3 Å². The molecule has 0 radical (unpaired) electrons. The fraction of sp³-hybridized carbons (Fsp3) is 0.625. The fourth-order valence-corrected chi connectivity index (χ4v) is 3.25. The summed E-state index contributed by atoms with van der Waals surface area (Å²) in [5, 5.41) is 9.49. The second kappa shape index (κ2) is 7.12. The molecule has 0 bridgehead atoms. The molecule has 0 aromatic carbocycles. The van der Waals surface area contributed by atoms with Crippen molar-refractivity contribution in [3.63, 3.8) is 0 Å². The Labute approximate surface area is 145 Å². The number of carbonyl (C=O) groups is 3. The Kier molecular flexibility index (Phi) is 4.91. The summed E-state index contributed by atoms with van der Waals surface area (Å²) >= 11 is 0. The Morgan fingerprint density at radius 1 is 1.44 bits per heavy atom. The Hall–Kier alpha value is -2.58. The van der Waals surface area contributed by atoms with Crippen molar-refractivity contribution in [2.75, 3.05) is 19.7 Å². The van der Waals surface area contributed by atoms with Crippen LogP contribution >= 0.6 is 0 Å². The van der Waals surface area contributed by atoms with Gasteiger partial charge in [-0.2, -0.15) is 5.10 Å². The third kappa shape index (κ3) is 3.75. The van der Waals surface area contributed by atoms with Crippen molar-refractivity contribution in [1.82, 2.24) is 25.3 Å². The van der Waals surface area contributed by atoms with E-state index in [2.05, 4.69) is 15.7 Å². The lowest BCUT2D eigenvalue weighted by molar-refractivity contribution is -0.133. The zero-order chi connectivity index (χ0) is 18.0. The average Bonchev–Trinajstić information content (AvgIpc) is 3.33. The molecular weight excluding hydrogens is 326 g/mol. The zero-order valence-electron chi connectivity index (χ0n) is 14.3. The lowest BCUT2D eigenvalue weighted by Crippen LogP contribution is -2.48. The smallest absolute Gasteiger partial charge is 0.407 e. The highest BCUT2D eigenvalue weighted by Crippen LogP contribution is 2.22. The Balaban J connectivity index is 1.51. The van der Waals surface area contributed by atoms with Gasteiger partial charge in [0.25, 0.3) is 0 Å². The summed E-state index contributed by atoms with van der Waals surface area (Å²) in [4.78, 5) is 37.6. The maximum Gasteiger partial charge on any atom is 0.407 e. The summed E-state index contributed by atoms with van der Waals surface area (Å²) in [6.07, 6.45) is 3.68. The number of nitrogens with zero attached hydrogens (tertiary/aromatic N) is 3. The van der Waals surface area contributed by atoms with E-state index in [4.69, 9.17) is 4.74 Å². The number of ether oxygens (including phenoxy) is 1. The second-order valence-corrected chi connectivity index (χ2v) is 6.59. The highest BCUT2D eigenvalue weighted by atomic mass is 16.6. The molecule has 2 aliphatic heterocycles. The Bertz CT molecular complexity index is 647. The van der Waals surface area contributed by atoms with Crippen LogP contribution in [0.5, 0.6) is 0 Å². The van der Waals surface area contributed by atoms with Gasteiger partial charge in [-0.25, -0.2) is 4.79 Å². The van der Waals surface area contributed by atoms with Gasteiger partial charge in [-0.3, -0.25) is 14.3 Å². The summed E-state index contributed by atoms with van der Waals surface area (Å²) in [5.41, 5.74) is 0. The number of hydrogen-bond acceptors (Lipinski definition) is 5. The van der Waals surface area contributed by atoms with E-state index in [-0.39, 0.29) is 36.4 Å². The predicted molar refractivity (Wildman–Crippen MR) is 87.5 cm³/mol. The number of cyclic esters (lactones) is 1. The number of likely N-dealkylation sites (tertiary alicyclic amines) is 1. The van der Waals surface area contributed by atoms with Crippen LogP contribution in [0.2, 0.25) is 0 Å². The van der Waals surface area contributed by atoms with E-state index in [9.17, 15) is 14.4 Å². The number of nitrogens with one attached hydrogen (secondary N) is 2. The van der Waals surface area contributed by atoms with Gasteiger partial charge in [0.15, 0.2) is 0 Å². The van der Waals surface area contributed by atoms with E-state index < -0.39 is 12.1 Å². The Morgan fingerprint density at radius 3 is 2.88 bits per heavy atom. The van der Waals surface area contributed by atoms with Crippen LogP contribution in [0.3, 0.4) is 0 Å². The Morgan fingerprint density at radius 2 is 2.24 bits per heavy atom. The lowest BCUT2D eigenvalue weighted by atomic mass is 10.0. The van der Waals surface area contributed by atoms with E-state index in [1.54, 1.807) is 23.1 Å². The molecule has 3 unspecified atom stereocenters. The van der Waals surface area contributed by atoms with Crippen molar-refractivity contribution in [3.8, 4) is 0 Å². The van der Waals surface area contributed by atoms with Crippen LogP contribution in [-0.2, 0) is 14.3 Å². The van der Waals surface area contributed by atoms with Crippen LogP contribution in [0.1, 0.15) is 26.3 Å². The minimum absolute atomic E-state index is 0.0289. The number of carbonyl (C=O) groups excluding carboxylic acids is 3. The summed E-state index contributed by atoms with van der Waals surface area (Å²) in [5.74, 6) is -0.0510. The van der Waals surface area contributed by atoms with Gasteiger partial charge in [-0.1, -0.05) is 0 Å². The quantitative estimate of drug-likeness (QED) is 0.773. The van der Waals surface area contributed by atoms with Crippen LogP contribution in [0, 0.1) is 5.92 Å². The third-order valence-electron chi connectivity index (χ3n) is 4.88. The predicted octanol–water partition coefficient (Wildman–Crippen LogP) is -0.0943. The van der Waals surface area contributed by atoms with Crippen molar-refractivity contribution in [2.45, 2.75) is 38.4 Å². The van der Waals surface area contributed by atoms with Crippen molar-refractivity contribution in [3.05, 3.63) is 18.5 Å². The maximum atomic E-state index is 12.6. The second-order valence-electron chi connectivity index (χ2n) is 6.59. The molecular formula is C16H23N5O4. The molecule has 2 N–H and O–H groups in total. The molecule has 136 valence electrons. The molecule has 4 atom stereocenters. The molecule has 2 saturated heterocycles. The van der Waals surface area contributed by atoms with Gasteiger partial charge in [0.1, 0.15) is 18.7 Å². The molecule has 1 aromatic heterocycles. The molecule has 0 aliphatic carbocycles. The largest absolute Gasteiger partial charge is 0.447 e. The van der Waals surface area contributed by atoms with Crippen molar-refractivity contribution >= 4 is 17.9 Å². The van der Waals surface area contributed by atoms with E-state index in [1.807, 2.05) is 18.7 Å². The van der Waals surface area contributed by atoms with E-state index in [1.165, 1.54) is 0 Å². The molecule has 0 spiro atoms. The molecule has 2 aliphatic rings. The highest BCUT2D eigenvalue weighted by Gasteiger charge is 2.35. The van der Waals surface area contributed by atoms with Crippen LogP contribution in [0.15, 0.2) is 18.5 Å². The number of aromatic nitrogens is 2. The molecule has 3 heterocycles. The number of rotatable bonds is 5. The maximum absolute atomic E-state index is 12.6. The minimum atomic E-state index is -0.645. The summed E-state index contributed by atoms with van der Waals surface area (Å²) < 4.78 is 6.37. The summed E-state index contributed by atoms with van der Waals surface area (Å²) in [7, 11) is 0. The van der Waals surface area contributed by atoms with Crippen LogP contribution in [0.25, 0.3) is 0 Å². The van der Waals surface area contributed by atoms with Gasteiger partial charge in [0, 0.05) is 31.5 Å². The topological polar surface area (TPSA) is 106 Å². The van der Waals surface area contributed by atoms with Crippen molar-refractivity contribution < 1.29 is 19.1 Å². The van der Waals surface area contributed by atoms with E-state index >= 15 is 0 Å². The molecule has 3 amide bonds. The van der Waals surface area contributed by atoms with Crippen molar-refractivity contribution in [1.29, 1.82) is 0 Å². The molecule has 9 heteroatoms. The minimum Gasteiger partial charge on any atom is -0.447 e. The number of amides is 3. The highest BCUT2D eigenvalue weighted by molar-refractivity contribution is 5.88. The zero-order valence-corrected chi connectivity index (χ0v) is 14.3. The van der Waals surface area contributed by atoms with E-state index in [0.29, 0.717) is 13.1 Å². The molecule has 1 aromatic rings. The monoisotopic (exact) mass is 349 g/mol. The fourth-order valence-electron chi connectivity index (χ4n) is 3.25. The van der Waals surface area contributed by atoms with Crippen molar-refractivity contribution in [2.24, 2.45) is 5.92 Å². The average molecular weight is 349 g/mol. The van der Waals surface area contributed by atoms with Gasteiger partial charge in [0.2, 0.25) is 11.8 Å². The molecule has 25 heavy (non-hydrogen) atoms. The third-order valence-corrected chi connectivity index (χ3v) is 4.88. The van der Waals surface area contributed by atoms with Crippen LogP contribution in [-0.4, -0.2) is 64.4 Å². The van der Waals surface area contributed by atoms with Crippen LogP contribution < -0.4 is 10.6 Å². The lowest BCUT2D eigenvalue weighted by Gasteiger charge is -2.24. The summed E-state index contributed by atoms with van der Waals surface area (Å²) in [6, 6.07) is 0.709. The van der Waals surface area contributed by atoms with Gasteiger partial charge >= 0.3 is 6.09 Å². The molecule has 2 fully saturated rings. The molecule has 0 saturated carbocycles. The number of hydrogen-bond donors (Lipinski definition) is 2. The SMILES string of the molecule is CC(NC(=O)[C@@H]1COC(=O)N1)C1CCN(C(=O)C(C)n2cccn2)C1. The standard InChI is InChI=1S/C16H23N5O4/c1-10(18-14(22)13-9-25-16(24)19-13)12-4-7-20(8-12)15(23)11(2)21-6-3-5-17-21/h3,5-6,10-13H,4,7-9H2,1-2H3,(H,18,22)(H,19,24)/t10?,11?,12?,13-/m0/s1. The first-order valence-electron chi connectivity index (χ1n) is 8.47. The van der Waals surface area contributed by atoms with E-state index in [0.717, 1.165) is 6.42 Å².